The molecule has 0 spiro atoms. The Bertz CT molecular complexity index is 692. The Morgan fingerprint density at radius 3 is 2.39 bits per heavy atom. The number of carbonyl (C=O) groups is 1. The number of amides is 1. The third kappa shape index (κ3) is 2.29. The van der Waals surface area contributed by atoms with Crippen LogP contribution in [-0.4, -0.2) is 17.4 Å². The van der Waals surface area contributed by atoms with E-state index >= 15 is 0 Å². The number of aromatic amines is 1. The van der Waals surface area contributed by atoms with Crippen LogP contribution in [0.3, 0.4) is 0 Å². The summed E-state index contributed by atoms with van der Waals surface area (Å²) in [7, 11) is 0. The highest BCUT2D eigenvalue weighted by atomic mass is 16.1. The minimum atomic E-state index is 0.0527. The molecule has 3 nitrogen and oxygen atoms in total. The van der Waals surface area contributed by atoms with E-state index < -0.39 is 0 Å². The molecule has 0 saturated heterocycles. The van der Waals surface area contributed by atoms with Crippen LogP contribution in [0.2, 0.25) is 0 Å². The van der Waals surface area contributed by atoms with Crippen LogP contribution in [0.15, 0.2) is 30.3 Å². The summed E-state index contributed by atoms with van der Waals surface area (Å²) in [5.41, 5.74) is 2.12. The van der Waals surface area contributed by atoms with E-state index in [4.69, 9.17) is 0 Å². The smallest absolute Gasteiger partial charge is 0.267 e. The van der Waals surface area contributed by atoms with Gasteiger partial charge in [0.25, 0.3) is 5.91 Å². The number of fused-ring (bicyclic) bond motifs is 1. The Morgan fingerprint density at radius 2 is 1.74 bits per heavy atom. The molecule has 2 aromatic rings. The van der Waals surface area contributed by atoms with E-state index in [0.29, 0.717) is 11.1 Å². The van der Waals surface area contributed by atoms with Crippen LogP contribution in [0.25, 0.3) is 10.9 Å². The maximum absolute atomic E-state index is 12.6. The highest BCUT2D eigenvalue weighted by Gasteiger charge is 2.50. The zero-order valence-electron chi connectivity index (χ0n) is 13.5. The second-order valence-corrected chi connectivity index (χ2v) is 8.37. The first-order valence-corrected chi connectivity index (χ1v) is 9.05. The largest absolute Gasteiger partial charge is 0.351 e. The van der Waals surface area contributed by atoms with E-state index in [2.05, 4.69) is 10.3 Å². The van der Waals surface area contributed by atoms with E-state index in [9.17, 15) is 4.79 Å². The van der Waals surface area contributed by atoms with Crippen molar-refractivity contribution in [2.24, 2.45) is 23.2 Å². The van der Waals surface area contributed by atoms with Crippen LogP contribution >= 0.6 is 0 Å². The lowest BCUT2D eigenvalue weighted by molar-refractivity contribution is -0.0503. The lowest BCUT2D eigenvalue weighted by Crippen LogP contribution is -2.51. The van der Waals surface area contributed by atoms with Crippen molar-refractivity contribution in [1.82, 2.24) is 10.3 Å². The third-order valence-electron chi connectivity index (χ3n) is 6.56. The predicted molar refractivity (Wildman–Crippen MR) is 91.2 cm³/mol. The summed E-state index contributed by atoms with van der Waals surface area (Å²) < 4.78 is 0. The molecule has 1 aromatic carbocycles. The first-order valence-electron chi connectivity index (χ1n) is 9.05. The van der Waals surface area contributed by atoms with Crippen LogP contribution in [-0.2, 0) is 0 Å². The molecule has 120 valence electrons. The van der Waals surface area contributed by atoms with Crippen molar-refractivity contribution in [3.63, 3.8) is 0 Å². The number of rotatable bonds is 3. The molecule has 1 amide bonds. The van der Waals surface area contributed by atoms with Crippen molar-refractivity contribution in [2.75, 3.05) is 6.54 Å². The van der Waals surface area contributed by atoms with Gasteiger partial charge in [-0.1, -0.05) is 18.2 Å². The quantitative estimate of drug-likeness (QED) is 0.880. The highest BCUT2D eigenvalue weighted by molar-refractivity contribution is 5.97. The molecular weight excluding hydrogens is 284 g/mol. The van der Waals surface area contributed by atoms with Gasteiger partial charge in [0.1, 0.15) is 5.69 Å². The summed E-state index contributed by atoms with van der Waals surface area (Å²) in [4.78, 5) is 15.8. The van der Waals surface area contributed by atoms with E-state index in [1.54, 1.807) is 0 Å². The summed E-state index contributed by atoms with van der Waals surface area (Å²) in [5.74, 6) is 2.86. The van der Waals surface area contributed by atoms with Crippen molar-refractivity contribution in [2.45, 2.75) is 38.5 Å². The molecule has 0 aliphatic heterocycles. The van der Waals surface area contributed by atoms with Gasteiger partial charge in [0.05, 0.1) is 0 Å². The summed E-state index contributed by atoms with van der Waals surface area (Å²) in [6, 6.07) is 10.0. The first-order chi connectivity index (χ1) is 11.2. The monoisotopic (exact) mass is 308 g/mol. The molecule has 3 heteroatoms. The fourth-order valence-electron chi connectivity index (χ4n) is 6.07. The number of carbonyl (C=O) groups excluding carboxylic acids is 1. The number of nitrogens with one attached hydrogen (secondary N) is 2. The molecule has 23 heavy (non-hydrogen) atoms. The van der Waals surface area contributed by atoms with Gasteiger partial charge in [-0.15, -0.1) is 0 Å². The maximum atomic E-state index is 12.6. The van der Waals surface area contributed by atoms with E-state index in [1.165, 1.54) is 38.5 Å². The molecular formula is C20H24N2O. The molecule has 0 atom stereocenters. The van der Waals surface area contributed by atoms with Crippen molar-refractivity contribution in [3.05, 3.63) is 36.0 Å². The molecule has 4 aliphatic rings. The van der Waals surface area contributed by atoms with Gasteiger partial charge in [0.2, 0.25) is 0 Å². The van der Waals surface area contributed by atoms with Gasteiger partial charge < -0.3 is 10.3 Å². The average Bonchev–Trinajstić information content (AvgIpc) is 2.95. The number of benzene rings is 1. The van der Waals surface area contributed by atoms with Crippen LogP contribution < -0.4 is 5.32 Å². The molecule has 0 radical (unpaired) electrons. The number of hydrogen-bond donors (Lipinski definition) is 2. The van der Waals surface area contributed by atoms with Crippen molar-refractivity contribution < 1.29 is 4.79 Å². The van der Waals surface area contributed by atoms with Gasteiger partial charge in [-0.05, 0) is 73.8 Å². The predicted octanol–water partition coefficient (Wildman–Crippen LogP) is 4.11. The standard InChI is InChI=1S/C20H24N2O/c23-19(18-8-16-3-1-2-4-17(16)22-18)21-12-20-9-13-5-14(10-20)7-15(6-13)11-20/h1-4,8,13-15,22H,5-7,9-12H2,(H,21,23). The van der Waals surface area contributed by atoms with Crippen LogP contribution in [0.1, 0.15) is 49.0 Å². The second kappa shape index (κ2) is 4.86. The number of hydrogen-bond acceptors (Lipinski definition) is 1. The number of aromatic nitrogens is 1. The Balaban J connectivity index is 1.31. The zero-order chi connectivity index (χ0) is 15.4. The molecule has 6 rings (SSSR count). The van der Waals surface area contributed by atoms with E-state index in [1.807, 2.05) is 30.3 Å². The van der Waals surface area contributed by atoms with Gasteiger partial charge in [-0.2, -0.15) is 0 Å². The molecule has 4 fully saturated rings. The number of H-pyrrole nitrogens is 1. The molecule has 4 bridgehead atoms. The first kappa shape index (κ1) is 13.6. The Hall–Kier alpha value is -1.77. The molecule has 4 aliphatic carbocycles. The summed E-state index contributed by atoms with van der Waals surface area (Å²) in [6.45, 7) is 0.866. The SMILES string of the molecule is O=C(NCC12CC3CC(CC(C3)C1)C2)c1cc2ccccc2[nH]1. The Labute approximate surface area is 136 Å². The number of para-hydroxylation sites is 1. The normalized spacial score (nSPS) is 34.9. The van der Waals surface area contributed by atoms with Crippen molar-refractivity contribution in [3.8, 4) is 0 Å². The van der Waals surface area contributed by atoms with Crippen LogP contribution in [0.4, 0.5) is 0 Å². The van der Waals surface area contributed by atoms with Crippen molar-refractivity contribution >= 4 is 16.8 Å². The zero-order valence-corrected chi connectivity index (χ0v) is 13.5. The van der Waals surface area contributed by atoms with Gasteiger partial charge >= 0.3 is 0 Å². The van der Waals surface area contributed by atoms with E-state index in [-0.39, 0.29) is 5.91 Å². The lowest BCUT2D eigenvalue weighted by Gasteiger charge is -2.56. The summed E-state index contributed by atoms with van der Waals surface area (Å²) in [6.07, 6.45) is 8.38. The summed E-state index contributed by atoms with van der Waals surface area (Å²) in [5, 5.41) is 4.35. The Morgan fingerprint density at radius 1 is 1.09 bits per heavy atom. The fraction of sp³-hybridized carbons (Fsp3) is 0.550. The maximum Gasteiger partial charge on any atom is 0.267 e. The Kier molecular flexibility index (Phi) is 2.88. The minimum Gasteiger partial charge on any atom is -0.351 e. The average molecular weight is 308 g/mol. The van der Waals surface area contributed by atoms with Gasteiger partial charge in [-0.3, -0.25) is 4.79 Å². The molecule has 4 saturated carbocycles. The topological polar surface area (TPSA) is 44.9 Å². The molecule has 0 unspecified atom stereocenters. The van der Waals surface area contributed by atoms with Gasteiger partial charge in [0, 0.05) is 17.4 Å². The van der Waals surface area contributed by atoms with Gasteiger partial charge in [-0.25, -0.2) is 0 Å². The van der Waals surface area contributed by atoms with E-state index in [0.717, 1.165) is 35.2 Å². The van der Waals surface area contributed by atoms with Gasteiger partial charge in [0.15, 0.2) is 0 Å². The van der Waals surface area contributed by atoms with Crippen molar-refractivity contribution in [1.29, 1.82) is 0 Å². The fourth-order valence-corrected chi connectivity index (χ4v) is 6.07. The minimum absolute atomic E-state index is 0.0527. The highest BCUT2D eigenvalue weighted by Crippen LogP contribution is 2.59. The summed E-state index contributed by atoms with van der Waals surface area (Å²) >= 11 is 0. The van der Waals surface area contributed by atoms with Crippen LogP contribution in [0.5, 0.6) is 0 Å². The molecule has 1 heterocycles. The lowest BCUT2D eigenvalue weighted by atomic mass is 9.49. The second-order valence-electron chi connectivity index (χ2n) is 8.37. The molecule has 1 aromatic heterocycles. The molecule has 2 N–H and O–H groups in total. The van der Waals surface area contributed by atoms with Crippen LogP contribution in [0, 0.1) is 23.2 Å². The third-order valence-corrected chi connectivity index (χ3v) is 6.56.